The van der Waals surface area contributed by atoms with Crippen molar-refractivity contribution >= 4 is 0 Å². The number of alkyl halides is 2. The van der Waals surface area contributed by atoms with Gasteiger partial charge in [-0.05, 0) is 6.54 Å². The van der Waals surface area contributed by atoms with Crippen LogP contribution in [0.3, 0.4) is 0 Å². The minimum Gasteiger partial charge on any atom is -0.303 e. The fraction of sp³-hybridized carbons (Fsp3) is 1.00. The van der Waals surface area contributed by atoms with Gasteiger partial charge in [-0.15, -0.1) is 0 Å². The Morgan fingerprint density at radius 3 is 2.64 bits per heavy atom. The van der Waals surface area contributed by atoms with Crippen LogP contribution in [0.25, 0.3) is 0 Å². The van der Waals surface area contributed by atoms with Gasteiger partial charge in [0.1, 0.15) is 0 Å². The largest absolute Gasteiger partial charge is 0.303 e. The Morgan fingerprint density at radius 1 is 1.55 bits per heavy atom. The minimum atomic E-state index is -2.42. The number of nitrogens with zero attached hydrogens (tertiary/aromatic N) is 1. The predicted molar refractivity (Wildman–Crippen MR) is 40.8 cm³/mol. The van der Waals surface area contributed by atoms with Gasteiger partial charge in [0.2, 0.25) is 0 Å². The summed E-state index contributed by atoms with van der Waals surface area (Å²) in [7, 11) is 0. The smallest absolute Gasteiger partial charge is 0.253 e. The summed E-state index contributed by atoms with van der Waals surface area (Å²) in [5.74, 6) is -2.90. The van der Waals surface area contributed by atoms with Crippen LogP contribution in [-0.2, 0) is 0 Å². The maximum absolute atomic E-state index is 12.9. The third-order valence-corrected chi connectivity index (χ3v) is 2.46. The molecule has 0 aromatic heterocycles. The Morgan fingerprint density at radius 2 is 2.18 bits per heavy atom. The summed E-state index contributed by atoms with van der Waals surface area (Å²) in [6.07, 6.45) is 0.0298. The molecule has 0 aromatic rings. The molecule has 66 valence electrons. The SMILES string of the molecule is CCN1CCC(F)(F)C(C)C1. The van der Waals surface area contributed by atoms with Gasteiger partial charge in [-0.3, -0.25) is 0 Å². The van der Waals surface area contributed by atoms with Crippen molar-refractivity contribution in [3.8, 4) is 0 Å². The maximum atomic E-state index is 12.9. The summed E-state index contributed by atoms with van der Waals surface area (Å²) in [5.41, 5.74) is 0. The molecule has 0 saturated carbocycles. The van der Waals surface area contributed by atoms with E-state index < -0.39 is 11.8 Å². The molecule has 0 bridgehead atoms. The van der Waals surface area contributed by atoms with Crippen LogP contribution in [0, 0.1) is 5.92 Å². The highest BCUT2D eigenvalue weighted by Crippen LogP contribution is 2.32. The lowest BCUT2D eigenvalue weighted by Gasteiger charge is -2.35. The van der Waals surface area contributed by atoms with Gasteiger partial charge in [-0.1, -0.05) is 13.8 Å². The molecule has 11 heavy (non-hydrogen) atoms. The molecule has 3 heteroatoms. The molecule has 1 fully saturated rings. The summed E-state index contributed by atoms with van der Waals surface area (Å²) in [6.45, 7) is 5.62. The number of hydrogen-bond donors (Lipinski definition) is 0. The van der Waals surface area contributed by atoms with E-state index in [4.69, 9.17) is 0 Å². The summed E-state index contributed by atoms with van der Waals surface area (Å²) in [5, 5.41) is 0. The molecule has 1 heterocycles. The van der Waals surface area contributed by atoms with Crippen LogP contribution in [0.5, 0.6) is 0 Å². The minimum absolute atomic E-state index is 0.0298. The lowest BCUT2D eigenvalue weighted by atomic mass is 9.96. The van der Waals surface area contributed by atoms with Crippen molar-refractivity contribution in [3.63, 3.8) is 0 Å². The van der Waals surface area contributed by atoms with E-state index in [0.717, 1.165) is 6.54 Å². The Hall–Kier alpha value is -0.180. The predicted octanol–water partition coefficient (Wildman–Crippen LogP) is 1.98. The first-order valence-corrected chi connectivity index (χ1v) is 4.16. The molecular weight excluding hydrogens is 148 g/mol. The topological polar surface area (TPSA) is 3.24 Å². The van der Waals surface area contributed by atoms with Crippen LogP contribution >= 0.6 is 0 Å². The van der Waals surface area contributed by atoms with Crippen LogP contribution in [0.1, 0.15) is 20.3 Å². The van der Waals surface area contributed by atoms with Gasteiger partial charge < -0.3 is 4.90 Å². The first-order chi connectivity index (χ1) is 5.06. The summed E-state index contributed by atoms with van der Waals surface area (Å²) < 4.78 is 25.8. The summed E-state index contributed by atoms with van der Waals surface area (Å²) >= 11 is 0. The molecule has 1 rings (SSSR count). The van der Waals surface area contributed by atoms with Crippen molar-refractivity contribution in [1.82, 2.24) is 4.90 Å². The van der Waals surface area contributed by atoms with E-state index in [1.807, 2.05) is 6.92 Å². The zero-order chi connectivity index (χ0) is 8.48. The molecule has 1 aliphatic heterocycles. The highest BCUT2D eigenvalue weighted by molar-refractivity contribution is 4.82. The fourth-order valence-electron chi connectivity index (χ4n) is 1.45. The van der Waals surface area contributed by atoms with Gasteiger partial charge in [-0.25, -0.2) is 8.78 Å². The molecule has 1 nitrogen and oxygen atoms in total. The van der Waals surface area contributed by atoms with E-state index in [9.17, 15) is 8.78 Å². The first kappa shape index (κ1) is 8.91. The Labute approximate surface area is 66.4 Å². The van der Waals surface area contributed by atoms with E-state index in [2.05, 4.69) is 4.90 Å². The molecule has 0 aromatic carbocycles. The second-order valence-electron chi connectivity index (χ2n) is 3.31. The van der Waals surface area contributed by atoms with E-state index in [1.165, 1.54) is 0 Å². The quantitative estimate of drug-likeness (QED) is 0.571. The highest BCUT2D eigenvalue weighted by atomic mass is 19.3. The van der Waals surface area contributed by atoms with Crippen molar-refractivity contribution in [3.05, 3.63) is 0 Å². The van der Waals surface area contributed by atoms with Crippen LogP contribution in [0.15, 0.2) is 0 Å². The van der Waals surface area contributed by atoms with E-state index >= 15 is 0 Å². The first-order valence-electron chi connectivity index (χ1n) is 4.16. The summed E-state index contributed by atoms with van der Waals surface area (Å²) in [6, 6.07) is 0. The summed E-state index contributed by atoms with van der Waals surface area (Å²) in [4.78, 5) is 2.07. The molecule has 1 aliphatic rings. The van der Waals surface area contributed by atoms with E-state index in [0.29, 0.717) is 13.1 Å². The average molecular weight is 163 g/mol. The molecule has 1 unspecified atom stereocenters. The van der Waals surface area contributed by atoms with Crippen LogP contribution in [0.2, 0.25) is 0 Å². The molecule has 0 N–H and O–H groups in total. The van der Waals surface area contributed by atoms with Crippen molar-refractivity contribution in [2.75, 3.05) is 19.6 Å². The molecule has 0 spiro atoms. The molecule has 0 amide bonds. The van der Waals surface area contributed by atoms with Crippen molar-refractivity contribution < 1.29 is 8.78 Å². The standard InChI is InChI=1S/C8H15F2N/c1-3-11-5-4-8(9,10)7(2)6-11/h7H,3-6H2,1-2H3. The van der Waals surface area contributed by atoms with Gasteiger partial charge >= 0.3 is 0 Å². The third-order valence-electron chi connectivity index (χ3n) is 2.46. The van der Waals surface area contributed by atoms with Crippen molar-refractivity contribution in [1.29, 1.82) is 0 Å². The average Bonchev–Trinajstić information content (AvgIpc) is 1.95. The van der Waals surface area contributed by atoms with Crippen molar-refractivity contribution in [2.45, 2.75) is 26.2 Å². The molecule has 1 saturated heterocycles. The van der Waals surface area contributed by atoms with Crippen LogP contribution < -0.4 is 0 Å². The lowest BCUT2D eigenvalue weighted by molar-refractivity contribution is -0.0979. The number of likely N-dealkylation sites (tertiary alicyclic amines) is 1. The van der Waals surface area contributed by atoms with Gasteiger partial charge in [0.15, 0.2) is 0 Å². The van der Waals surface area contributed by atoms with Crippen molar-refractivity contribution in [2.24, 2.45) is 5.92 Å². The van der Waals surface area contributed by atoms with E-state index in [1.54, 1.807) is 6.92 Å². The number of piperidine rings is 1. The fourth-order valence-corrected chi connectivity index (χ4v) is 1.45. The Bertz CT molecular complexity index is 136. The number of rotatable bonds is 1. The lowest BCUT2D eigenvalue weighted by Crippen LogP contribution is -2.45. The van der Waals surface area contributed by atoms with E-state index in [-0.39, 0.29) is 6.42 Å². The molecular formula is C8H15F2N. The maximum Gasteiger partial charge on any atom is 0.253 e. The van der Waals surface area contributed by atoms with Gasteiger partial charge in [0.05, 0.1) is 0 Å². The van der Waals surface area contributed by atoms with Gasteiger partial charge in [0.25, 0.3) is 5.92 Å². The second-order valence-corrected chi connectivity index (χ2v) is 3.31. The van der Waals surface area contributed by atoms with Gasteiger partial charge in [0, 0.05) is 25.4 Å². The molecule has 0 radical (unpaired) electrons. The second kappa shape index (κ2) is 3.05. The normalized spacial score (nSPS) is 32.2. The number of hydrogen-bond acceptors (Lipinski definition) is 1. The van der Waals surface area contributed by atoms with Crippen LogP contribution in [-0.4, -0.2) is 30.5 Å². The third kappa shape index (κ3) is 1.89. The monoisotopic (exact) mass is 163 g/mol. The Balaban J connectivity index is 2.48. The molecule has 0 aliphatic carbocycles. The van der Waals surface area contributed by atoms with Crippen LogP contribution in [0.4, 0.5) is 8.78 Å². The Kier molecular flexibility index (Phi) is 2.47. The zero-order valence-electron chi connectivity index (χ0n) is 7.11. The van der Waals surface area contributed by atoms with Gasteiger partial charge in [-0.2, -0.15) is 0 Å². The zero-order valence-corrected chi connectivity index (χ0v) is 7.11. The number of halogens is 2. The highest BCUT2D eigenvalue weighted by Gasteiger charge is 2.40. The molecule has 1 atom stereocenters.